The van der Waals surface area contributed by atoms with E-state index in [-0.39, 0.29) is 11.5 Å². The molecule has 0 unspecified atom stereocenters. The third-order valence-electron chi connectivity index (χ3n) is 5.11. The molecular weight excluding hydrogens is 457 g/mol. The van der Waals surface area contributed by atoms with Gasteiger partial charge in [0.2, 0.25) is 0 Å². The Bertz CT molecular complexity index is 1120. The average Bonchev–Trinajstić information content (AvgIpc) is 3.17. The van der Waals surface area contributed by atoms with Crippen LogP contribution in [0.15, 0.2) is 35.2 Å². The van der Waals surface area contributed by atoms with Gasteiger partial charge in [0.05, 0.1) is 17.1 Å². The minimum absolute atomic E-state index is 0.130. The summed E-state index contributed by atoms with van der Waals surface area (Å²) in [5, 5.41) is -0.578. The molecule has 176 valence electrons. The first kappa shape index (κ1) is 24.6. The zero-order valence-electron chi connectivity index (χ0n) is 18.4. The first-order valence-electron chi connectivity index (χ1n) is 10.3. The number of rotatable bonds is 7. The van der Waals surface area contributed by atoms with E-state index in [0.29, 0.717) is 40.8 Å². The van der Waals surface area contributed by atoms with Gasteiger partial charge in [0.1, 0.15) is 6.54 Å². The fourth-order valence-corrected chi connectivity index (χ4v) is 4.26. The van der Waals surface area contributed by atoms with Crippen molar-refractivity contribution in [2.24, 2.45) is 0 Å². The van der Waals surface area contributed by atoms with Gasteiger partial charge in [0.15, 0.2) is 0 Å². The second kappa shape index (κ2) is 9.86. The molecule has 0 spiro atoms. The number of aromatic nitrogens is 1. The number of carbonyl (C=O) groups is 3. The SMILES string of the molecule is CCCCOC(=O)CN1C(=O)S/C(=C\c2cc(C)n(-c3cccc(C(F)(F)F)c3)c2C)C1=O. The molecule has 1 fully saturated rings. The van der Waals surface area contributed by atoms with Gasteiger partial charge in [-0.3, -0.25) is 19.3 Å². The van der Waals surface area contributed by atoms with Crippen LogP contribution < -0.4 is 0 Å². The van der Waals surface area contributed by atoms with E-state index in [1.165, 1.54) is 12.1 Å². The molecule has 1 saturated heterocycles. The van der Waals surface area contributed by atoms with E-state index in [0.717, 1.165) is 23.5 Å². The number of imide groups is 1. The normalized spacial score (nSPS) is 15.6. The van der Waals surface area contributed by atoms with Crippen molar-refractivity contribution in [1.82, 2.24) is 9.47 Å². The lowest BCUT2D eigenvalue weighted by molar-refractivity contribution is -0.146. The van der Waals surface area contributed by atoms with E-state index >= 15 is 0 Å². The van der Waals surface area contributed by atoms with Crippen molar-refractivity contribution >= 4 is 35.0 Å². The third kappa shape index (κ3) is 5.50. The largest absolute Gasteiger partial charge is 0.464 e. The average molecular weight is 481 g/mol. The second-order valence-corrected chi connectivity index (χ2v) is 8.55. The lowest BCUT2D eigenvalue weighted by atomic mass is 10.2. The molecule has 0 atom stereocenters. The molecule has 0 saturated carbocycles. The van der Waals surface area contributed by atoms with Gasteiger partial charge in [-0.1, -0.05) is 19.4 Å². The van der Waals surface area contributed by atoms with Crippen LogP contribution in [0.25, 0.3) is 11.8 Å². The Labute approximate surface area is 193 Å². The molecule has 6 nitrogen and oxygen atoms in total. The highest BCUT2D eigenvalue weighted by atomic mass is 32.2. The second-order valence-electron chi connectivity index (χ2n) is 7.55. The topological polar surface area (TPSA) is 68.6 Å². The standard InChI is InChI=1S/C23H23F3N2O4S/c1-4-5-9-32-20(29)13-27-21(30)19(33-22(27)31)11-16-10-14(2)28(15(16)3)18-8-6-7-17(12-18)23(24,25)26/h6-8,10-12H,4-5,9,13H2,1-3H3/b19-11-. The number of halogens is 3. The first-order chi connectivity index (χ1) is 15.5. The number of aryl methyl sites for hydroxylation is 1. The van der Waals surface area contributed by atoms with Crippen molar-refractivity contribution in [2.75, 3.05) is 13.2 Å². The van der Waals surface area contributed by atoms with Gasteiger partial charge in [-0.05, 0) is 67.9 Å². The molecule has 1 aromatic carbocycles. The number of benzene rings is 1. The van der Waals surface area contributed by atoms with E-state index in [9.17, 15) is 27.6 Å². The molecule has 0 radical (unpaired) electrons. The maximum Gasteiger partial charge on any atom is 0.416 e. The molecule has 3 rings (SSSR count). The van der Waals surface area contributed by atoms with Gasteiger partial charge in [-0.2, -0.15) is 13.2 Å². The number of nitrogens with zero attached hydrogens (tertiary/aromatic N) is 2. The number of esters is 1. The number of hydrogen-bond acceptors (Lipinski definition) is 5. The molecule has 0 N–H and O–H groups in total. The first-order valence-corrected chi connectivity index (χ1v) is 11.1. The van der Waals surface area contributed by atoms with Crippen LogP contribution in [0, 0.1) is 13.8 Å². The van der Waals surface area contributed by atoms with Crippen molar-refractivity contribution in [3.63, 3.8) is 0 Å². The zero-order valence-corrected chi connectivity index (χ0v) is 19.2. The highest BCUT2D eigenvalue weighted by Crippen LogP contribution is 2.35. The summed E-state index contributed by atoms with van der Waals surface area (Å²) in [6.07, 6.45) is -1.42. The molecule has 0 bridgehead atoms. The van der Waals surface area contributed by atoms with Crippen LogP contribution in [-0.4, -0.2) is 39.7 Å². The van der Waals surface area contributed by atoms with E-state index in [1.54, 1.807) is 30.5 Å². The summed E-state index contributed by atoms with van der Waals surface area (Å²) in [6, 6.07) is 6.69. The molecule has 2 heterocycles. The monoisotopic (exact) mass is 480 g/mol. The molecule has 1 aromatic heterocycles. The number of alkyl halides is 3. The van der Waals surface area contributed by atoms with Crippen LogP contribution in [-0.2, 0) is 20.5 Å². The number of ether oxygens (including phenoxy) is 1. The fraction of sp³-hybridized carbons (Fsp3) is 0.348. The van der Waals surface area contributed by atoms with Crippen molar-refractivity contribution in [3.8, 4) is 5.69 Å². The molecule has 33 heavy (non-hydrogen) atoms. The summed E-state index contributed by atoms with van der Waals surface area (Å²) in [5.41, 5.74) is 1.43. The fourth-order valence-electron chi connectivity index (χ4n) is 3.44. The lowest BCUT2D eigenvalue weighted by Crippen LogP contribution is -2.34. The van der Waals surface area contributed by atoms with Crippen LogP contribution in [0.5, 0.6) is 0 Å². The van der Waals surface area contributed by atoms with Crippen LogP contribution in [0.3, 0.4) is 0 Å². The lowest BCUT2D eigenvalue weighted by Gasteiger charge is -2.13. The van der Waals surface area contributed by atoms with Crippen LogP contribution in [0.1, 0.15) is 42.3 Å². The maximum absolute atomic E-state index is 13.1. The van der Waals surface area contributed by atoms with Crippen molar-refractivity contribution in [1.29, 1.82) is 0 Å². The van der Waals surface area contributed by atoms with E-state index < -0.39 is 35.4 Å². The molecule has 1 aliphatic rings. The van der Waals surface area contributed by atoms with Crippen LogP contribution in [0.2, 0.25) is 0 Å². The molecule has 2 aromatic rings. The van der Waals surface area contributed by atoms with E-state index in [4.69, 9.17) is 4.74 Å². The van der Waals surface area contributed by atoms with E-state index in [2.05, 4.69) is 0 Å². The highest BCUT2D eigenvalue weighted by Gasteiger charge is 2.37. The molecule has 2 amide bonds. The van der Waals surface area contributed by atoms with Gasteiger partial charge >= 0.3 is 12.1 Å². The number of amides is 2. The number of unbranched alkanes of at least 4 members (excludes halogenated alkanes) is 1. The number of carbonyl (C=O) groups excluding carboxylic acids is 3. The quantitative estimate of drug-likeness (QED) is 0.298. The summed E-state index contributed by atoms with van der Waals surface area (Å²) in [4.78, 5) is 37.8. The van der Waals surface area contributed by atoms with Crippen LogP contribution in [0.4, 0.5) is 18.0 Å². The summed E-state index contributed by atoms with van der Waals surface area (Å²) < 4.78 is 46.0. The molecule has 0 aliphatic carbocycles. The van der Waals surface area contributed by atoms with E-state index in [1.807, 2.05) is 6.92 Å². The van der Waals surface area contributed by atoms with Gasteiger partial charge in [0.25, 0.3) is 11.1 Å². The highest BCUT2D eigenvalue weighted by molar-refractivity contribution is 8.18. The zero-order chi connectivity index (χ0) is 24.3. The Kier molecular flexibility index (Phi) is 7.36. The Morgan fingerprint density at radius 1 is 1.18 bits per heavy atom. The summed E-state index contributed by atoms with van der Waals surface area (Å²) >= 11 is 0.705. The summed E-state index contributed by atoms with van der Waals surface area (Å²) in [6.45, 7) is 5.16. The van der Waals surface area contributed by atoms with Gasteiger partial charge < -0.3 is 9.30 Å². The smallest absolute Gasteiger partial charge is 0.416 e. The minimum Gasteiger partial charge on any atom is -0.464 e. The van der Waals surface area contributed by atoms with Gasteiger partial charge in [0, 0.05) is 17.1 Å². The maximum atomic E-state index is 13.1. The molecular formula is C23H23F3N2O4S. The summed E-state index contributed by atoms with van der Waals surface area (Å²) in [7, 11) is 0. The minimum atomic E-state index is -4.47. The van der Waals surface area contributed by atoms with Crippen molar-refractivity contribution in [3.05, 3.63) is 57.8 Å². The van der Waals surface area contributed by atoms with Crippen molar-refractivity contribution < 1.29 is 32.3 Å². The Morgan fingerprint density at radius 3 is 2.58 bits per heavy atom. The Morgan fingerprint density at radius 2 is 1.91 bits per heavy atom. The predicted octanol–water partition coefficient (Wildman–Crippen LogP) is 5.49. The number of thioether (sulfide) groups is 1. The number of hydrogen-bond donors (Lipinski definition) is 0. The van der Waals surface area contributed by atoms with Gasteiger partial charge in [-0.25, -0.2) is 0 Å². The predicted molar refractivity (Wildman–Crippen MR) is 119 cm³/mol. The summed E-state index contributed by atoms with van der Waals surface area (Å²) in [5.74, 6) is -1.27. The van der Waals surface area contributed by atoms with Crippen molar-refractivity contribution in [2.45, 2.75) is 39.8 Å². The van der Waals surface area contributed by atoms with Crippen LogP contribution >= 0.6 is 11.8 Å². The molecule has 1 aliphatic heterocycles. The molecule has 10 heteroatoms. The Hall–Kier alpha value is -3.01. The third-order valence-corrected chi connectivity index (χ3v) is 6.02. The van der Waals surface area contributed by atoms with Gasteiger partial charge in [-0.15, -0.1) is 0 Å². The Balaban J connectivity index is 1.84.